The van der Waals surface area contributed by atoms with Gasteiger partial charge in [-0.3, -0.25) is 0 Å². The van der Waals surface area contributed by atoms with E-state index in [1.54, 1.807) is 5.56 Å². The first-order chi connectivity index (χ1) is 7.84. The average Bonchev–Trinajstić information content (AvgIpc) is 3.14. The van der Waals surface area contributed by atoms with E-state index >= 15 is 0 Å². The van der Waals surface area contributed by atoms with Gasteiger partial charge in [0.15, 0.2) is 0 Å². The molecule has 0 bridgehead atoms. The van der Waals surface area contributed by atoms with Gasteiger partial charge in [0.2, 0.25) is 0 Å². The fraction of sp³-hybridized carbons (Fsp3) is 0.571. The molecule has 0 amide bonds. The van der Waals surface area contributed by atoms with Crippen LogP contribution in [0.1, 0.15) is 48.6 Å². The molecule has 2 aliphatic rings. The summed E-state index contributed by atoms with van der Waals surface area (Å²) in [6, 6.07) is 6.81. The summed E-state index contributed by atoms with van der Waals surface area (Å²) in [5, 5.41) is 0. The summed E-state index contributed by atoms with van der Waals surface area (Å²) >= 11 is 3.59. The summed E-state index contributed by atoms with van der Waals surface area (Å²) in [7, 11) is 0. The van der Waals surface area contributed by atoms with Crippen LogP contribution in [0.5, 0.6) is 0 Å². The lowest BCUT2D eigenvalue weighted by molar-refractivity contribution is 0.0802. The maximum Gasteiger partial charge on any atom is 0.0534 e. The van der Waals surface area contributed by atoms with Crippen molar-refractivity contribution < 1.29 is 4.74 Å². The van der Waals surface area contributed by atoms with E-state index in [1.165, 1.54) is 35.7 Å². The van der Waals surface area contributed by atoms with E-state index in [0.29, 0.717) is 5.92 Å². The molecule has 2 heteroatoms. The molecule has 2 fully saturated rings. The second-order valence-corrected chi connectivity index (χ2v) is 5.88. The number of benzene rings is 1. The quantitative estimate of drug-likeness (QED) is 0.788. The van der Waals surface area contributed by atoms with Crippen molar-refractivity contribution in [2.24, 2.45) is 0 Å². The molecule has 1 atom stereocenters. The minimum Gasteiger partial charge on any atom is -0.381 e. The number of hydrogen-bond acceptors (Lipinski definition) is 1. The van der Waals surface area contributed by atoms with Gasteiger partial charge >= 0.3 is 0 Å². The van der Waals surface area contributed by atoms with Gasteiger partial charge in [-0.15, -0.1) is 0 Å². The normalized spacial score (nSPS) is 25.7. The number of halogens is 1. The Hall–Kier alpha value is -0.340. The van der Waals surface area contributed by atoms with Gasteiger partial charge in [-0.1, -0.05) is 22.0 Å². The van der Waals surface area contributed by atoms with Crippen LogP contribution in [0.25, 0.3) is 0 Å². The summed E-state index contributed by atoms with van der Waals surface area (Å²) < 4.78 is 6.82. The SMILES string of the molecule is Brc1ccc(C2CC2)c(C2CCCOC2)c1. The molecule has 0 aromatic heterocycles. The van der Waals surface area contributed by atoms with Gasteiger partial charge < -0.3 is 4.74 Å². The average molecular weight is 281 g/mol. The monoisotopic (exact) mass is 280 g/mol. The van der Waals surface area contributed by atoms with Crippen molar-refractivity contribution in [2.75, 3.05) is 13.2 Å². The lowest BCUT2D eigenvalue weighted by Gasteiger charge is -2.25. The molecule has 1 aliphatic carbocycles. The lowest BCUT2D eigenvalue weighted by atomic mass is 9.88. The number of rotatable bonds is 2. The van der Waals surface area contributed by atoms with Crippen LogP contribution in [0.2, 0.25) is 0 Å². The van der Waals surface area contributed by atoms with Gasteiger partial charge in [-0.2, -0.15) is 0 Å². The van der Waals surface area contributed by atoms with Crippen LogP contribution in [0.15, 0.2) is 22.7 Å². The fourth-order valence-corrected chi connectivity index (χ4v) is 3.03. The molecule has 1 heterocycles. The largest absolute Gasteiger partial charge is 0.381 e. The molecule has 1 aromatic carbocycles. The van der Waals surface area contributed by atoms with E-state index in [4.69, 9.17) is 4.74 Å². The molecule has 1 saturated heterocycles. The maximum absolute atomic E-state index is 5.62. The Morgan fingerprint density at radius 3 is 2.62 bits per heavy atom. The van der Waals surface area contributed by atoms with Gasteiger partial charge in [0.1, 0.15) is 0 Å². The molecule has 0 spiro atoms. The summed E-state index contributed by atoms with van der Waals surface area (Å²) in [5.41, 5.74) is 3.12. The van der Waals surface area contributed by atoms with Crippen molar-refractivity contribution in [3.05, 3.63) is 33.8 Å². The van der Waals surface area contributed by atoms with Crippen molar-refractivity contribution in [3.8, 4) is 0 Å². The highest BCUT2D eigenvalue weighted by Gasteiger charge is 2.29. The third-order valence-electron chi connectivity index (χ3n) is 3.67. The van der Waals surface area contributed by atoms with E-state index in [1.807, 2.05) is 0 Å². The molecule has 1 saturated carbocycles. The van der Waals surface area contributed by atoms with Crippen molar-refractivity contribution in [3.63, 3.8) is 0 Å². The van der Waals surface area contributed by atoms with Crippen molar-refractivity contribution >= 4 is 15.9 Å². The van der Waals surface area contributed by atoms with Crippen molar-refractivity contribution in [2.45, 2.75) is 37.5 Å². The third kappa shape index (κ3) is 2.18. The molecular weight excluding hydrogens is 264 g/mol. The first-order valence-corrected chi connectivity index (χ1v) is 7.01. The Morgan fingerprint density at radius 2 is 1.94 bits per heavy atom. The molecule has 1 aliphatic heterocycles. The highest BCUT2D eigenvalue weighted by molar-refractivity contribution is 9.10. The predicted octanol–water partition coefficient (Wildman–Crippen LogP) is 4.22. The zero-order valence-corrected chi connectivity index (χ0v) is 11.0. The van der Waals surface area contributed by atoms with E-state index in [-0.39, 0.29) is 0 Å². The van der Waals surface area contributed by atoms with Crippen LogP contribution in [0.4, 0.5) is 0 Å². The molecule has 1 unspecified atom stereocenters. The Bertz CT molecular complexity index is 378. The Morgan fingerprint density at radius 1 is 1.06 bits per heavy atom. The van der Waals surface area contributed by atoms with Crippen molar-refractivity contribution in [1.82, 2.24) is 0 Å². The van der Waals surface area contributed by atoms with Crippen LogP contribution in [-0.2, 0) is 4.74 Å². The zero-order chi connectivity index (χ0) is 11.0. The summed E-state index contributed by atoms with van der Waals surface area (Å²) in [4.78, 5) is 0. The number of hydrogen-bond donors (Lipinski definition) is 0. The van der Waals surface area contributed by atoms with Gasteiger partial charge in [0, 0.05) is 17.0 Å². The third-order valence-corrected chi connectivity index (χ3v) is 4.16. The van der Waals surface area contributed by atoms with Crippen LogP contribution in [0, 0.1) is 0 Å². The molecule has 0 radical (unpaired) electrons. The standard InChI is InChI=1S/C14H17BrO/c15-12-5-6-13(10-3-4-10)14(8-12)11-2-1-7-16-9-11/h5-6,8,10-11H,1-4,7,9H2. The van der Waals surface area contributed by atoms with Gasteiger partial charge in [0.25, 0.3) is 0 Å². The van der Waals surface area contributed by atoms with Crippen LogP contribution < -0.4 is 0 Å². The molecule has 86 valence electrons. The Balaban J connectivity index is 1.92. The van der Waals surface area contributed by atoms with E-state index in [9.17, 15) is 0 Å². The zero-order valence-electron chi connectivity index (χ0n) is 9.42. The molecule has 1 nitrogen and oxygen atoms in total. The van der Waals surface area contributed by atoms with Crippen LogP contribution in [0.3, 0.4) is 0 Å². The first-order valence-electron chi connectivity index (χ1n) is 6.21. The molecule has 1 aromatic rings. The Labute approximate surface area is 105 Å². The highest BCUT2D eigenvalue weighted by atomic mass is 79.9. The fourth-order valence-electron chi connectivity index (χ4n) is 2.65. The first kappa shape index (κ1) is 10.8. The minimum atomic E-state index is 0.627. The lowest BCUT2D eigenvalue weighted by Crippen LogP contribution is -2.16. The predicted molar refractivity (Wildman–Crippen MR) is 68.9 cm³/mol. The minimum absolute atomic E-state index is 0.627. The summed E-state index contributed by atoms with van der Waals surface area (Å²) in [6.45, 7) is 1.86. The smallest absolute Gasteiger partial charge is 0.0534 e. The molecule has 3 rings (SSSR count). The van der Waals surface area contributed by atoms with E-state index < -0.39 is 0 Å². The maximum atomic E-state index is 5.62. The number of ether oxygens (including phenoxy) is 1. The van der Waals surface area contributed by atoms with E-state index in [2.05, 4.69) is 34.1 Å². The van der Waals surface area contributed by atoms with Crippen LogP contribution >= 0.6 is 15.9 Å². The van der Waals surface area contributed by atoms with Gasteiger partial charge in [-0.05, 0) is 54.9 Å². The summed E-state index contributed by atoms with van der Waals surface area (Å²) in [5.74, 6) is 1.46. The van der Waals surface area contributed by atoms with E-state index in [0.717, 1.165) is 19.1 Å². The second-order valence-electron chi connectivity index (χ2n) is 4.96. The van der Waals surface area contributed by atoms with Crippen molar-refractivity contribution in [1.29, 1.82) is 0 Å². The summed E-state index contributed by atoms with van der Waals surface area (Å²) in [6.07, 6.45) is 5.25. The molecule has 16 heavy (non-hydrogen) atoms. The second kappa shape index (κ2) is 4.50. The topological polar surface area (TPSA) is 9.23 Å². The molecular formula is C14H17BrO. The van der Waals surface area contributed by atoms with Gasteiger partial charge in [-0.25, -0.2) is 0 Å². The van der Waals surface area contributed by atoms with Gasteiger partial charge in [0.05, 0.1) is 6.61 Å². The Kier molecular flexibility index (Phi) is 3.03. The highest BCUT2D eigenvalue weighted by Crippen LogP contribution is 2.45. The van der Waals surface area contributed by atoms with Crippen LogP contribution in [-0.4, -0.2) is 13.2 Å². The molecule has 0 N–H and O–H groups in total.